The van der Waals surface area contributed by atoms with Crippen LogP contribution >= 0.6 is 23.1 Å². The molecule has 2 heterocycles. The van der Waals surface area contributed by atoms with Gasteiger partial charge in [-0.25, -0.2) is 0 Å². The molecule has 0 aliphatic carbocycles. The highest BCUT2D eigenvalue weighted by molar-refractivity contribution is 7.99. The van der Waals surface area contributed by atoms with Gasteiger partial charge in [0.05, 0.1) is 5.75 Å². The van der Waals surface area contributed by atoms with Gasteiger partial charge in [-0.05, 0) is 19.1 Å². The van der Waals surface area contributed by atoms with E-state index in [9.17, 15) is 4.79 Å². The van der Waals surface area contributed by atoms with Gasteiger partial charge in [0.25, 0.3) is 0 Å². The fourth-order valence-electron chi connectivity index (χ4n) is 2.25. The van der Waals surface area contributed by atoms with E-state index in [0.717, 1.165) is 22.1 Å². The minimum Gasteiger partial charge on any atom is -0.378 e. The molecule has 3 rings (SSSR count). The number of rotatable bonds is 6. The van der Waals surface area contributed by atoms with Crippen LogP contribution in [0.25, 0.3) is 11.4 Å². The second-order valence-corrected chi connectivity index (χ2v) is 7.90. The van der Waals surface area contributed by atoms with Gasteiger partial charge in [-0.15, -0.1) is 20.4 Å². The summed E-state index contributed by atoms with van der Waals surface area (Å²) in [4.78, 5) is 14.1. The topological polar surface area (TPSA) is 88.8 Å². The third-order valence-corrected chi connectivity index (χ3v) is 5.33. The van der Waals surface area contributed by atoms with Crippen molar-refractivity contribution in [2.24, 2.45) is 7.05 Å². The minimum atomic E-state index is -0.148. The normalized spacial score (nSPS) is 10.8. The third-order valence-electron chi connectivity index (χ3n) is 3.56. The largest absolute Gasteiger partial charge is 0.378 e. The molecule has 10 heteroatoms. The monoisotopic (exact) mass is 389 g/mol. The van der Waals surface area contributed by atoms with Crippen LogP contribution in [0.3, 0.4) is 0 Å². The molecule has 0 aliphatic rings. The van der Waals surface area contributed by atoms with Crippen molar-refractivity contribution in [2.45, 2.75) is 12.1 Å². The molecule has 0 bridgehead atoms. The first-order valence-corrected chi connectivity index (χ1v) is 9.64. The summed E-state index contributed by atoms with van der Waals surface area (Å²) in [7, 11) is 5.89. The van der Waals surface area contributed by atoms with Gasteiger partial charge in [0.1, 0.15) is 5.01 Å². The van der Waals surface area contributed by atoms with Crippen molar-refractivity contribution in [2.75, 3.05) is 30.1 Å². The Bertz CT molecular complexity index is 919. The molecule has 0 radical (unpaired) electrons. The maximum absolute atomic E-state index is 12.0. The molecule has 0 saturated heterocycles. The summed E-state index contributed by atoms with van der Waals surface area (Å²) in [5.74, 6) is 0.837. The van der Waals surface area contributed by atoms with Crippen LogP contribution in [0.15, 0.2) is 29.4 Å². The number of nitrogens with one attached hydrogen (secondary N) is 1. The molecule has 1 amide bonds. The van der Waals surface area contributed by atoms with Crippen LogP contribution in [-0.2, 0) is 11.8 Å². The number of thioether (sulfide) groups is 1. The average molecular weight is 390 g/mol. The molecule has 136 valence electrons. The SMILES string of the molecule is Cc1nnc(NC(=O)CSc2nnc(-c3cccc(N(C)C)c3)n2C)s1. The summed E-state index contributed by atoms with van der Waals surface area (Å²) in [5.41, 5.74) is 2.07. The smallest absolute Gasteiger partial charge is 0.236 e. The Labute approximate surface area is 159 Å². The first-order chi connectivity index (χ1) is 12.4. The van der Waals surface area contributed by atoms with E-state index in [1.807, 2.05) is 55.7 Å². The molecular formula is C16H19N7OS2. The van der Waals surface area contributed by atoms with E-state index in [1.54, 1.807) is 0 Å². The summed E-state index contributed by atoms with van der Waals surface area (Å²) in [6.07, 6.45) is 0. The van der Waals surface area contributed by atoms with E-state index in [2.05, 4.69) is 31.8 Å². The maximum atomic E-state index is 12.0. The average Bonchev–Trinajstić information content (AvgIpc) is 3.18. The molecule has 0 aliphatic heterocycles. The summed E-state index contributed by atoms with van der Waals surface area (Å²) >= 11 is 2.68. The predicted molar refractivity (Wildman–Crippen MR) is 105 cm³/mol. The molecule has 0 atom stereocenters. The lowest BCUT2D eigenvalue weighted by Crippen LogP contribution is -2.14. The quantitative estimate of drug-likeness (QED) is 0.648. The lowest BCUT2D eigenvalue weighted by molar-refractivity contribution is -0.113. The molecule has 1 aromatic carbocycles. The highest BCUT2D eigenvalue weighted by Gasteiger charge is 2.14. The van der Waals surface area contributed by atoms with E-state index >= 15 is 0 Å². The van der Waals surface area contributed by atoms with E-state index in [4.69, 9.17) is 0 Å². The Balaban J connectivity index is 1.67. The van der Waals surface area contributed by atoms with Gasteiger partial charge in [0, 0.05) is 32.4 Å². The lowest BCUT2D eigenvalue weighted by Gasteiger charge is -2.13. The lowest BCUT2D eigenvalue weighted by atomic mass is 10.2. The molecule has 8 nitrogen and oxygen atoms in total. The van der Waals surface area contributed by atoms with Crippen molar-refractivity contribution < 1.29 is 4.79 Å². The van der Waals surface area contributed by atoms with Crippen molar-refractivity contribution in [1.82, 2.24) is 25.0 Å². The molecule has 3 aromatic rings. The molecule has 1 N–H and O–H groups in total. The second-order valence-electron chi connectivity index (χ2n) is 5.77. The van der Waals surface area contributed by atoms with Gasteiger partial charge in [0.15, 0.2) is 11.0 Å². The Morgan fingerprint density at radius 3 is 2.77 bits per heavy atom. The number of nitrogens with zero attached hydrogens (tertiary/aromatic N) is 6. The fraction of sp³-hybridized carbons (Fsp3) is 0.312. The third kappa shape index (κ3) is 4.20. The Morgan fingerprint density at radius 1 is 1.27 bits per heavy atom. The van der Waals surface area contributed by atoms with Crippen LogP contribution in [0.1, 0.15) is 5.01 Å². The van der Waals surface area contributed by atoms with E-state index in [1.165, 1.54) is 23.1 Å². The highest BCUT2D eigenvalue weighted by Crippen LogP contribution is 2.25. The van der Waals surface area contributed by atoms with Gasteiger partial charge in [-0.1, -0.05) is 35.2 Å². The van der Waals surface area contributed by atoms with Crippen LogP contribution in [0.4, 0.5) is 10.8 Å². The zero-order valence-electron chi connectivity index (χ0n) is 14.9. The van der Waals surface area contributed by atoms with Gasteiger partial charge < -0.3 is 9.47 Å². The van der Waals surface area contributed by atoms with E-state index < -0.39 is 0 Å². The van der Waals surface area contributed by atoms with Crippen LogP contribution in [0.2, 0.25) is 0 Å². The van der Waals surface area contributed by atoms with Crippen molar-refractivity contribution in [3.8, 4) is 11.4 Å². The van der Waals surface area contributed by atoms with Crippen LogP contribution < -0.4 is 10.2 Å². The first kappa shape index (κ1) is 18.3. The number of aromatic nitrogens is 5. The standard InChI is InChI=1S/C16H19N7OS2/c1-10-18-20-15(26-10)17-13(24)9-25-16-21-19-14(23(16)4)11-6-5-7-12(8-11)22(2)3/h5-8H,9H2,1-4H3,(H,17,20,24). The number of amides is 1. The second kappa shape index (κ2) is 7.83. The Kier molecular flexibility index (Phi) is 5.52. The summed E-state index contributed by atoms with van der Waals surface area (Å²) < 4.78 is 1.89. The van der Waals surface area contributed by atoms with Crippen LogP contribution in [-0.4, -0.2) is 50.7 Å². The number of hydrogen-bond donors (Lipinski definition) is 1. The predicted octanol–water partition coefficient (Wildman–Crippen LogP) is 2.44. The molecule has 0 saturated carbocycles. The molecule has 0 unspecified atom stereocenters. The molecular weight excluding hydrogens is 370 g/mol. The summed E-state index contributed by atoms with van der Waals surface area (Å²) in [6.45, 7) is 1.84. The van der Waals surface area contributed by atoms with Crippen LogP contribution in [0.5, 0.6) is 0 Å². The number of carbonyl (C=O) groups is 1. The van der Waals surface area contributed by atoms with Crippen molar-refractivity contribution in [1.29, 1.82) is 0 Å². The Morgan fingerprint density at radius 2 is 2.08 bits per heavy atom. The zero-order valence-corrected chi connectivity index (χ0v) is 16.6. The maximum Gasteiger partial charge on any atom is 0.236 e. The van der Waals surface area contributed by atoms with Crippen LogP contribution in [0, 0.1) is 6.92 Å². The number of carbonyl (C=O) groups excluding carboxylic acids is 1. The van der Waals surface area contributed by atoms with E-state index in [-0.39, 0.29) is 11.7 Å². The molecule has 2 aromatic heterocycles. The molecule has 26 heavy (non-hydrogen) atoms. The number of anilines is 2. The number of benzene rings is 1. The van der Waals surface area contributed by atoms with Crippen molar-refractivity contribution >= 4 is 39.8 Å². The highest BCUT2D eigenvalue weighted by atomic mass is 32.2. The van der Waals surface area contributed by atoms with Gasteiger partial charge in [-0.2, -0.15) is 0 Å². The summed E-state index contributed by atoms with van der Waals surface area (Å²) in [5, 5.41) is 21.0. The van der Waals surface area contributed by atoms with E-state index in [0.29, 0.717) is 10.3 Å². The van der Waals surface area contributed by atoms with Gasteiger partial charge >= 0.3 is 0 Å². The minimum absolute atomic E-state index is 0.148. The fourth-order valence-corrected chi connectivity index (χ4v) is 3.57. The molecule has 0 spiro atoms. The van der Waals surface area contributed by atoms with Gasteiger partial charge in [0.2, 0.25) is 11.0 Å². The Hall–Kier alpha value is -2.46. The number of aryl methyl sites for hydroxylation is 1. The number of hydrogen-bond acceptors (Lipinski definition) is 8. The molecule has 0 fully saturated rings. The van der Waals surface area contributed by atoms with Crippen molar-refractivity contribution in [3.05, 3.63) is 29.3 Å². The first-order valence-electron chi connectivity index (χ1n) is 7.84. The van der Waals surface area contributed by atoms with Crippen molar-refractivity contribution in [3.63, 3.8) is 0 Å². The van der Waals surface area contributed by atoms with Gasteiger partial charge in [-0.3, -0.25) is 10.1 Å². The summed E-state index contributed by atoms with van der Waals surface area (Å²) in [6, 6.07) is 8.08. The zero-order chi connectivity index (χ0) is 18.7.